The summed E-state index contributed by atoms with van der Waals surface area (Å²) in [6.45, 7) is 2.69. The molecule has 0 bridgehead atoms. The van der Waals surface area contributed by atoms with Crippen LogP contribution in [0.4, 0.5) is 0 Å². The second kappa shape index (κ2) is 6.57. The van der Waals surface area contributed by atoms with Crippen LogP contribution in [0.2, 0.25) is 0 Å². The first kappa shape index (κ1) is 14.6. The van der Waals surface area contributed by atoms with Crippen molar-refractivity contribution in [2.24, 2.45) is 7.05 Å². The van der Waals surface area contributed by atoms with E-state index in [1.165, 1.54) is 0 Å². The first-order chi connectivity index (χ1) is 9.11. The average Bonchev–Trinajstić information content (AvgIpc) is 2.77. The van der Waals surface area contributed by atoms with Crippen molar-refractivity contribution in [1.82, 2.24) is 9.55 Å². The SMILES string of the molecule is Cc1cc(Br)cc(CBr)c1OCCc1nccn1C. The fraction of sp³-hybridized carbons (Fsp3) is 0.357. The number of rotatable bonds is 5. The fourth-order valence-electron chi connectivity index (χ4n) is 1.99. The summed E-state index contributed by atoms with van der Waals surface area (Å²) in [4.78, 5) is 4.29. The largest absolute Gasteiger partial charge is 0.493 e. The van der Waals surface area contributed by atoms with Crippen molar-refractivity contribution in [3.63, 3.8) is 0 Å². The van der Waals surface area contributed by atoms with Gasteiger partial charge in [0.1, 0.15) is 11.6 Å². The van der Waals surface area contributed by atoms with Gasteiger partial charge >= 0.3 is 0 Å². The highest BCUT2D eigenvalue weighted by atomic mass is 79.9. The monoisotopic (exact) mass is 386 g/mol. The van der Waals surface area contributed by atoms with Gasteiger partial charge < -0.3 is 9.30 Å². The average molecular weight is 388 g/mol. The van der Waals surface area contributed by atoms with E-state index in [0.29, 0.717) is 6.61 Å². The van der Waals surface area contributed by atoms with Crippen LogP contribution in [0.1, 0.15) is 17.0 Å². The first-order valence-corrected chi connectivity index (χ1v) is 7.97. The Bertz CT molecular complexity index is 567. The molecule has 0 aliphatic heterocycles. The molecule has 2 rings (SSSR count). The number of imidazole rings is 1. The zero-order valence-electron chi connectivity index (χ0n) is 11.0. The molecule has 2 aromatic rings. The van der Waals surface area contributed by atoms with E-state index in [-0.39, 0.29) is 0 Å². The zero-order chi connectivity index (χ0) is 13.8. The lowest BCUT2D eigenvalue weighted by atomic mass is 10.1. The van der Waals surface area contributed by atoms with E-state index in [9.17, 15) is 0 Å². The molecule has 19 heavy (non-hydrogen) atoms. The van der Waals surface area contributed by atoms with Crippen LogP contribution in [-0.2, 0) is 18.8 Å². The first-order valence-electron chi connectivity index (χ1n) is 6.06. The summed E-state index contributed by atoms with van der Waals surface area (Å²) in [5.41, 5.74) is 2.30. The molecule has 0 aliphatic carbocycles. The summed E-state index contributed by atoms with van der Waals surface area (Å²) in [6.07, 6.45) is 4.56. The van der Waals surface area contributed by atoms with Gasteiger partial charge in [-0.05, 0) is 24.6 Å². The number of alkyl halides is 1. The van der Waals surface area contributed by atoms with Gasteiger partial charge in [-0.15, -0.1) is 0 Å². The van der Waals surface area contributed by atoms with E-state index in [1.807, 2.05) is 24.0 Å². The van der Waals surface area contributed by atoms with E-state index in [4.69, 9.17) is 4.74 Å². The second-order valence-corrected chi connectivity index (χ2v) is 5.87. The molecule has 0 N–H and O–H groups in total. The number of ether oxygens (including phenoxy) is 1. The van der Waals surface area contributed by atoms with Gasteiger partial charge in [0.05, 0.1) is 6.61 Å². The molecular weight excluding hydrogens is 372 g/mol. The Morgan fingerprint density at radius 2 is 2.16 bits per heavy atom. The molecule has 1 aromatic carbocycles. The molecule has 5 heteroatoms. The van der Waals surface area contributed by atoms with Gasteiger partial charge in [-0.1, -0.05) is 31.9 Å². The van der Waals surface area contributed by atoms with Crippen LogP contribution in [-0.4, -0.2) is 16.2 Å². The molecule has 0 unspecified atom stereocenters. The van der Waals surface area contributed by atoms with E-state index in [2.05, 4.69) is 55.9 Å². The molecule has 102 valence electrons. The van der Waals surface area contributed by atoms with Gasteiger partial charge in [-0.25, -0.2) is 4.98 Å². The smallest absolute Gasteiger partial charge is 0.126 e. The van der Waals surface area contributed by atoms with Crippen LogP contribution in [0.15, 0.2) is 29.0 Å². The Morgan fingerprint density at radius 1 is 1.37 bits per heavy atom. The number of aromatic nitrogens is 2. The van der Waals surface area contributed by atoms with Crippen LogP contribution in [0.25, 0.3) is 0 Å². The molecule has 1 aromatic heterocycles. The minimum atomic E-state index is 0.632. The lowest BCUT2D eigenvalue weighted by molar-refractivity contribution is 0.313. The normalized spacial score (nSPS) is 10.7. The third kappa shape index (κ3) is 3.60. The molecular formula is C14H16Br2N2O. The number of benzene rings is 1. The predicted molar refractivity (Wildman–Crippen MR) is 83.9 cm³/mol. The van der Waals surface area contributed by atoms with Crippen LogP contribution < -0.4 is 4.74 Å². The lowest BCUT2D eigenvalue weighted by Crippen LogP contribution is -2.08. The van der Waals surface area contributed by atoms with Crippen molar-refractivity contribution < 1.29 is 4.74 Å². The highest BCUT2D eigenvalue weighted by Gasteiger charge is 2.09. The third-order valence-corrected chi connectivity index (χ3v) is 4.02. The standard InChI is InChI=1S/C14H16Br2N2O/c1-10-7-12(16)8-11(9-15)14(10)19-6-3-13-17-4-5-18(13)2/h4-5,7-8H,3,6,9H2,1-2H3. The van der Waals surface area contributed by atoms with Gasteiger partial charge in [0.25, 0.3) is 0 Å². The van der Waals surface area contributed by atoms with Gasteiger partial charge in [0.2, 0.25) is 0 Å². The summed E-state index contributed by atoms with van der Waals surface area (Å²) < 4.78 is 9.03. The maximum Gasteiger partial charge on any atom is 0.126 e. The molecule has 0 saturated heterocycles. The summed E-state index contributed by atoms with van der Waals surface area (Å²) in [5.74, 6) is 2.00. The molecule has 0 saturated carbocycles. The molecule has 0 fully saturated rings. The van der Waals surface area contributed by atoms with Gasteiger partial charge in [-0.2, -0.15) is 0 Å². The van der Waals surface area contributed by atoms with E-state index in [0.717, 1.165) is 38.9 Å². The summed E-state index contributed by atoms with van der Waals surface area (Å²) >= 11 is 7.01. The Balaban J connectivity index is 2.05. The van der Waals surface area contributed by atoms with E-state index < -0.39 is 0 Å². The molecule has 3 nitrogen and oxygen atoms in total. The quantitative estimate of drug-likeness (QED) is 0.724. The predicted octanol–water partition coefficient (Wildman–Crippen LogP) is 4.01. The van der Waals surface area contributed by atoms with Crippen LogP contribution >= 0.6 is 31.9 Å². The van der Waals surface area contributed by atoms with E-state index >= 15 is 0 Å². The molecule has 0 spiro atoms. The van der Waals surface area contributed by atoms with Crippen molar-refractivity contribution in [2.45, 2.75) is 18.7 Å². The van der Waals surface area contributed by atoms with Crippen LogP contribution in [0, 0.1) is 6.92 Å². The summed E-state index contributed by atoms with van der Waals surface area (Å²) in [5, 5.41) is 0.783. The Morgan fingerprint density at radius 3 is 2.79 bits per heavy atom. The third-order valence-electron chi connectivity index (χ3n) is 2.95. The molecule has 0 atom stereocenters. The molecule has 0 radical (unpaired) electrons. The number of nitrogens with zero attached hydrogens (tertiary/aromatic N) is 2. The Labute approximate surface area is 130 Å². The van der Waals surface area contributed by atoms with Crippen molar-refractivity contribution >= 4 is 31.9 Å². The highest BCUT2D eigenvalue weighted by molar-refractivity contribution is 9.10. The number of hydrogen-bond donors (Lipinski definition) is 0. The maximum absolute atomic E-state index is 5.94. The topological polar surface area (TPSA) is 27.1 Å². The van der Waals surface area contributed by atoms with Crippen LogP contribution in [0.5, 0.6) is 5.75 Å². The van der Waals surface area contributed by atoms with Crippen molar-refractivity contribution in [2.75, 3.05) is 6.61 Å². The second-order valence-electron chi connectivity index (χ2n) is 4.40. The maximum atomic E-state index is 5.94. The number of halogens is 2. The van der Waals surface area contributed by atoms with Crippen molar-refractivity contribution in [1.29, 1.82) is 0 Å². The lowest BCUT2D eigenvalue weighted by Gasteiger charge is -2.13. The minimum Gasteiger partial charge on any atom is -0.493 e. The molecule has 1 heterocycles. The van der Waals surface area contributed by atoms with Gasteiger partial charge in [0, 0.05) is 41.2 Å². The zero-order valence-corrected chi connectivity index (χ0v) is 14.2. The molecule has 0 aliphatic rings. The van der Waals surface area contributed by atoms with Crippen LogP contribution in [0.3, 0.4) is 0 Å². The summed E-state index contributed by atoms with van der Waals surface area (Å²) in [6, 6.07) is 4.15. The van der Waals surface area contributed by atoms with E-state index in [1.54, 1.807) is 0 Å². The number of hydrogen-bond acceptors (Lipinski definition) is 2. The van der Waals surface area contributed by atoms with Gasteiger partial charge in [-0.3, -0.25) is 0 Å². The Hall–Kier alpha value is -0.810. The van der Waals surface area contributed by atoms with Crippen molar-refractivity contribution in [3.8, 4) is 5.75 Å². The fourth-order valence-corrected chi connectivity index (χ4v) is 3.02. The molecule has 0 amide bonds. The highest BCUT2D eigenvalue weighted by Crippen LogP contribution is 2.29. The summed E-state index contributed by atoms with van der Waals surface area (Å²) in [7, 11) is 2.00. The number of aryl methyl sites for hydroxylation is 2. The van der Waals surface area contributed by atoms with Gasteiger partial charge in [0.15, 0.2) is 0 Å². The van der Waals surface area contributed by atoms with Crippen molar-refractivity contribution in [3.05, 3.63) is 46.0 Å². The minimum absolute atomic E-state index is 0.632. The Kier molecular flexibility index (Phi) is 5.05.